The summed E-state index contributed by atoms with van der Waals surface area (Å²) in [6.07, 6.45) is 0. The van der Waals surface area contributed by atoms with E-state index in [4.69, 9.17) is 4.42 Å². The first-order chi connectivity index (χ1) is 8.13. The molecule has 0 amide bonds. The lowest BCUT2D eigenvalue weighted by Crippen LogP contribution is -2.16. The number of hydrogen-bond acceptors (Lipinski definition) is 5. The van der Waals surface area contributed by atoms with E-state index in [9.17, 15) is 14.7 Å². The third kappa shape index (κ3) is 1.99. The molecule has 1 heterocycles. The van der Waals surface area contributed by atoms with Crippen LogP contribution in [0.15, 0.2) is 28.7 Å². The molecule has 0 atom stereocenters. The number of ether oxygens (including phenoxy) is 1. The fourth-order valence-electron chi connectivity index (χ4n) is 1.46. The average molecular weight is 234 g/mol. The van der Waals surface area contributed by atoms with Crippen molar-refractivity contribution in [2.45, 2.75) is 6.92 Å². The van der Waals surface area contributed by atoms with Crippen molar-refractivity contribution in [3.8, 4) is 5.75 Å². The van der Waals surface area contributed by atoms with E-state index in [-0.39, 0.29) is 23.7 Å². The van der Waals surface area contributed by atoms with E-state index in [1.54, 1.807) is 19.1 Å². The van der Waals surface area contributed by atoms with Crippen LogP contribution in [0, 0.1) is 0 Å². The van der Waals surface area contributed by atoms with Gasteiger partial charge in [-0.05, 0) is 19.1 Å². The van der Waals surface area contributed by atoms with Gasteiger partial charge >= 0.3 is 11.8 Å². The number of fused-ring (bicyclic) bond motifs is 1. The van der Waals surface area contributed by atoms with Crippen LogP contribution >= 0.6 is 0 Å². The van der Waals surface area contributed by atoms with E-state index in [2.05, 4.69) is 4.74 Å². The van der Waals surface area contributed by atoms with Crippen LogP contribution in [-0.2, 0) is 9.53 Å². The Bertz CT molecular complexity index is 582. The van der Waals surface area contributed by atoms with Gasteiger partial charge in [0, 0.05) is 5.39 Å². The zero-order chi connectivity index (χ0) is 12.4. The first-order valence-corrected chi connectivity index (χ1v) is 5.06. The molecule has 2 aromatic rings. The second kappa shape index (κ2) is 4.29. The van der Waals surface area contributed by atoms with Crippen LogP contribution in [0.25, 0.3) is 11.0 Å². The molecular formula is C12H10O5. The van der Waals surface area contributed by atoms with Crippen LogP contribution < -0.4 is 0 Å². The average Bonchev–Trinajstić information content (AvgIpc) is 2.73. The lowest BCUT2D eigenvalue weighted by molar-refractivity contribution is -0.137. The Balaban J connectivity index is 2.40. The summed E-state index contributed by atoms with van der Waals surface area (Å²) in [7, 11) is 0. The molecule has 0 aliphatic heterocycles. The monoisotopic (exact) mass is 234 g/mol. The summed E-state index contributed by atoms with van der Waals surface area (Å²) in [4.78, 5) is 22.8. The number of hydrogen-bond donors (Lipinski definition) is 1. The lowest BCUT2D eigenvalue weighted by atomic mass is 10.2. The van der Waals surface area contributed by atoms with Crippen molar-refractivity contribution >= 4 is 22.7 Å². The maximum atomic E-state index is 11.6. The van der Waals surface area contributed by atoms with Gasteiger partial charge in [-0.15, -0.1) is 0 Å². The summed E-state index contributed by atoms with van der Waals surface area (Å²) in [6, 6.07) is 6.12. The molecule has 5 heteroatoms. The molecule has 88 valence electrons. The van der Waals surface area contributed by atoms with Crippen molar-refractivity contribution in [3.63, 3.8) is 0 Å². The molecule has 1 aromatic heterocycles. The summed E-state index contributed by atoms with van der Waals surface area (Å²) in [5.74, 6) is -2.04. The van der Waals surface area contributed by atoms with Crippen molar-refractivity contribution in [1.82, 2.24) is 0 Å². The summed E-state index contributed by atoms with van der Waals surface area (Å²) >= 11 is 0. The summed E-state index contributed by atoms with van der Waals surface area (Å²) in [6.45, 7) is 1.73. The SMILES string of the molecule is CCOC(=O)C(=O)c1cc2cccc(O)c2o1. The first-order valence-electron chi connectivity index (χ1n) is 5.06. The number of phenolic OH excluding ortho intramolecular Hbond substituents is 1. The Kier molecular flexibility index (Phi) is 2.82. The number of aromatic hydroxyl groups is 1. The van der Waals surface area contributed by atoms with Crippen LogP contribution in [0.2, 0.25) is 0 Å². The summed E-state index contributed by atoms with van der Waals surface area (Å²) < 4.78 is 9.70. The van der Waals surface area contributed by atoms with Gasteiger partial charge in [-0.25, -0.2) is 4.79 Å². The van der Waals surface area contributed by atoms with Crippen molar-refractivity contribution in [3.05, 3.63) is 30.0 Å². The van der Waals surface area contributed by atoms with Gasteiger partial charge in [0.15, 0.2) is 17.1 Å². The number of esters is 1. The molecule has 0 unspecified atom stereocenters. The van der Waals surface area contributed by atoms with Gasteiger partial charge < -0.3 is 14.3 Å². The van der Waals surface area contributed by atoms with Gasteiger partial charge in [-0.2, -0.15) is 0 Å². The standard InChI is InChI=1S/C12H10O5/c1-2-16-12(15)10(14)9-6-7-4-3-5-8(13)11(7)17-9/h3-6,13H,2H2,1H3. The Hall–Kier alpha value is -2.30. The lowest BCUT2D eigenvalue weighted by Gasteiger charge is -1.96. The van der Waals surface area contributed by atoms with E-state index in [0.717, 1.165) is 0 Å². The van der Waals surface area contributed by atoms with Gasteiger partial charge in [0.1, 0.15) is 0 Å². The predicted molar refractivity (Wildman–Crippen MR) is 58.8 cm³/mol. The number of para-hydroxylation sites is 1. The van der Waals surface area contributed by atoms with Crippen LogP contribution in [-0.4, -0.2) is 23.5 Å². The third-order valence-corrected chi connectivity index (χ3v) is 2.21. The maximum absolute atomic E-state index is 11.6. The molecule has 1 N–H and O–H groups in total. The number of carbonyl (C=O) groups excluding carboxylic acids is 2. The molecule has 0 spiro atoms. The molecule has 5 nitrogen and oxygen atoms in total. The molecule has 0 radical (unpaired) electrons. The normalized spacial score (nSPS) is 10.4. The maximum Gasteiger partial charge on any atom is 0.383 e. The number of furan rings is 1. The van der Waals surface area contributed by atoms with Crippen LogP contribution in [0.1, 0.15) is 17.5 Å². The van der Waals surface area contributed by atoms with Crippen molar-refractivity contribution in [2.75, 3.05) is 6.61 Å². The molecule has 0 fully saturated rings. The van der Waals surface area contributed by atoms with Crippen LogP contribution in [0.3, 0.4) is 0 Å². The van der Waals surface area contributed by atoms with Gasteiger partial charge in [0.2, 0.25) is 0 Å². The van der Waals surface area contributed by atoms with Crippen molar-refractivity contribution < 1.29 is 23.8 Å². The minimum absolute atomic E-state index is 0.0783. The van der Waals surface area contributed by atoms with E-state index in [0.29, 0.717) is 5.39 Å². The fourth-order valence-corrected chi connectivity index (χ4v) is 1.46. The number of ketones is 1. The van der Waals surface area contributed by atoms with E-state index in [1.165, 1.54) is 12.1 Å². The highest BCUT2D eigenvalue weighted by atomic mass is 16.5. The molecular weight excluding hydrogens is 224 g/mol. The zero-order valence-electron chi connectivity index (χ0n) is 9.10. The first kappa shape index (κ1) is 11.2. The Labute approximate surface area is 96.6 Å². The second-order valence-corrected chi connectivity index (χ2v) is 3.36. The number of rotatable bonds is 3. The highest BCUT2D eigenvalue weighted by molar-refractivity contribution is 6.40. The predicted octanol–water partition coefficient (Wildman–Crippen LogP) is 1.88. The topological polar surface area (TPSA) is 76.7 Å². The number of Topliss-reactive ketones (excluding diaryl/α,β-unsaturated/α-hetero) is 1. The van der Waals surface area contributed by atoms with Crippen LogP contribution in [0.5, 0.6) is 5.75 Å². The van der Waals surface area contributed by atoms with Gasteiger partial charge in [0.25, 0.3) is 0 Å². The molecule has 0 aliphatic rings. The Morgan fingerprint density at radius 3 is 2.82 bits per heavy atom. The van der Waals surface area contributed by atoms with E-state index in [1.807, 2.05) is 0 Å². The minimum atomic E-state index is -0.967. The molecule has 2 rings (SSSR count). The minimum Gasteiger partial charge on any atom is -0.504 e. The van der Waals surface area contributed by atoms with Crippen LogP contribution in [0.4, 0.5) is 0 Å². The summed E-state index contributed by atoms with van der Waals surface area (Å²) in [5.41, 5.74) is 0.181. The summed E-state index contributed by atoms with van der Waals surface area (Å²) in [5, 5.41) is 10.0. The van der Waals surface area contributed by atoms with Crippen molar-refractivity contribution in [2.24, 2.45) is 0 Å². The molecule has 0 saturated carbocycles. The Morgan fingerprint density at radius 1 is 1.41 bits per heavy atom. The smallest absolute Gasteiger partial charge is 0.383 e. The number of phenols is 1. The number of benzene rings is 1. The number of carbonyl (C=O) groups is 2. The zero-order valence-corrected chi connectivity index (χ0v) is 9.10. The molecule has 0 aliphatic carbocycles. The largest absolute Gasteiger partial charge is 0.504 e. The fraction of sp³-hybridized carbons (Fsp3) is 0.167. The van der Waals surface area contributed by atoms with Crippen molar-refractivity contribution in [1.29, 1.82) is 0 Å². The molecule has 17 heavy (non-hydrogen) atoms. The highest BCUT2D eigenvalue weighted by Crippen LogP contribution is 2.27. The third-order valence-electron chi connectivity index (χ3n) is 2.21. The van der Waals surface area contributed by atoms with E-state index >= 15 is 0 Å². The molecule has 0 saturated heterocycles. The second-order valence-electron chi connectivity index (χ2n) is 3.36. The molecule has 0 bridgehead atoms. The quantitative estimate of drug-likeness (QED) is 0.498. The van der Waals surface area contributed by atoms with Gasteiger partial charge in [0.05, 0.1) is 6.61 Å². The molecule has 1 aromatic carbocycles. The highest BCUT2D eigenvalue weighted by Gasteiger charge is 2.22. The Morgan fingerprint density at radius 2 is 2.18 bits per heavy atom. The van der Waals surface area contributed by atoms with Gasteiger partial charge in [-0.1, -0.05) is 12.1 Å². The van der Waals surface area contributed by atoms with Gasteiger partial charge in [-0.3, -0.25) is 4.79 Å². The van der Waals surface area contributed by atoms with E-state index < -0.39 is 11.8 Å².